The molecule has 0 radical (unpaired) electrons. The van der Waals surface area contributed by atoms with Gasteiger partial charge in [0.1, 0.15) is 5.75 Å². The molecule has 0 bridgehead atoms. The number of benzene rings is 2. The summed E-state index contributed by atoms with van der Waals surface area (Å²) in [5.74, 6) is 0.407. The summed E-state index contributed by atoms with van der Waals surface area (Å²) in [6.45, 7) is -0.380. The van der Waals surface area contributed by atoms with Crippen LogP contribution in [0.1, 0.15) is 37.2 Å². The van der Waals surface area contributed by atoms with Crippen LogP contribution in [0.4, 0.5) is 0 Å². The zero-order chi connectivity index (χ0) is 27.1. The van der Waals surface area contributed by atoms with E-state index in [4.69, 9.17) is 14.2 Å². The quantitative estimate of drug-likeness (QED) is 0.337. The molecule has 0 spiro atoms. The van der Waals surface area contributed by atoms with Gasteiger partial charge in [0.15, 0.2) is 5.76 Å². The average Bonchev–Trinajstić information content (AvgIpc) is 2.90. The van der Waals surface area contributed by atoms with Crippen molar-refractivity contribution in [3.05, 3.63) is 69.5 Å². The number of sulfonamides is 1. The summed E-state index contributed by atoms with van der Waals surface area (Å²) in [7, 11) is -2.36. The third-order valence-electron chi connectivity index (χ3n) is 6.71. The molecule has 0 aromatic heterocycles. The zero-order valence-electron chi connectivity index (χ0n) is 21.2. The van der Waals surface area contributed by atoms with E-state index in [-0.39, 0.29) is 54.8 Å². The predicted molar refractivity (Wildman–Crippen MR) is 150 cm³/mol. The Kier molecular flexibility index (Phi) is 10.0. The fourth-order valence-corrected chi connectivity index (χ4v) is 6.09. The maximum Gasteiger partial charge on any atom is 0.286 e. The maximum atomic E-state index is 13.2. The molecule has 1 fully saturated rings. The van der Waals surface area contributed by atoms with Gasteiger partial charge in [-0.05, 0) is 89.9 Å². The standard InChI is InChI=1S/C27H33IN2O7S/c1-35-23-9-11-24(12-10-23)38(33,34)30(13-15-31)14-16-36-26-18-20(19-5-7-21(28)8-6-19)17-25(37-26)27(32)29-22-3-2-4-22/h5-12,17,20,22,26,31H,2-4,13-16,18H2,1H3,(H,29,32)/t20-,26+/m0/s1. The molecule has 2 aromatic carbocycles. The van der Waals surface area contributed by atoms with Crippen LogP contribution in [-0.4, -0.2) is 69.5 Å². The molecule has 1 aliphatic heterocycles. The van der Waals surface area contributed by atoms with Crippen molar-refractivity contribution in [3.8, 4) is 5.75 Å². The van der Waals surface area contributed by atoms with Gasteiger partial charge in [0, 0.05) is 35.0 Å². The van der Waals surface area contributed by atoms with Crippen LogP contribution in [0.3, 0.4) is 0 Å². The van der Waals surface area contributed by atoms with Crippen LogP contribution in [0.25, 0.3) is 0 Å². The highest BCUT2D eigenvalue weighted by Gasteiger charge is 2.31. The molecule has 0 unspecified atom stereocenters. The lowest BCUT2D eigenvalue weighted by Crippen LogP contribution is -2.42. The molecular formula is C27H33IN2O7S. The van der Waals surface area contributed by atoms with Crippen molar-refractivity contribution in [2.45, 2.75) is 48.8 Å². The largest absolute Gasteiger partial charge is 0.497 e. The van der Waals surface area contributed by atoms with Crippen molar-refractivity contribution in [2.75, 3.05) is 33.4 Å². The van der Waals surface area contributed by atoms with Gasteiger partial charge in [-0.3, -0.25) is 4.79 Å². The number of halogens is 1. The molecule has 0 saturated heterocycles. The van der Waals surface area contributed by atoms with E-state index in [1.54, 1.807) is 12.1 Å². The second-order valence-electron chi connectivity index (χ2n) is 9.25. The first-order valence-electron chi connectivity index (χ1n) is 12.6. The van der Waals surface area contributed by atoms with Crippen LogP contribution >= 0.6 is 22.6 Å². The highest BCUT2D eigenvalue weighted by Crippen LogP contribution is 2.32. The number of nitrogens with zero attached hydrogens (tertiary/aromatic N) is 1. The van der Waals surface area contributed by atoms with Gasteiger partial charge < -0.3 is 24.6 Å². The van der Waals surface area contributed by atoms with Crippen molar-refractivity contribution in [3.63, 3.8) is 0 Å². The second-order valence-corrected chi connectivity index (χ2v) is 12.4. The van der Waals surface area contributed by atoms with Gasteiger partial charge in [0.25, 0.3) is 5.91 Å². The summed E-state index contributed by atoms with van der Waals surface area (Å²) in [5.41, 5.74) is 1.04. The Labute approximate surface area is 237 Å². The van der Waals surface area contributed by atoms with E-state index < -0.39 is 16.3 Å². The number of ether oxygens (including phenoxy) is 3. The van der Waals surface area contributed by atoms with E-state index >= 15 is 0 Å². The van der Waals surface area contributed by atoms with Gasteiger partial charge in [0.2, 0.25) is 16.3 Å². The minimum absolute atomic E-state index is 0.0102. The number of rotatable bonds is 12. The van der Waals surface area contributed by atoms with Gasteiger partial charge in [-0.2, -0.15) is 4.31 Å². The van der Waals surface area contributed by atoms with E-state index in [9.17, 15) is 18.3 Å². The Bertz CT molecular complexity index is 1210. The van der Waals surface area contributed by atoms with E-state index in [2.05, 4.69) is 27.9 Å². The molecule has 2 aliphatic rings. The number of aliphatic hydroxyl groups excluding tert-OH is 1. The Morgan fingerprint density at radius 2 is 1.84 bits per heavy atom. The lowest BCUT2D eigenvalue weighted by Gasteiger charge is -2.32. The number of carbonyl (C=O) groups excluding carboxylic acids is 1. The van der Waals surface area contributed by atoms with Crippen LogP contribution < -0.4 is 10.1 Å². The van der Waals surface area contributed by atoms with Crippen molar-refractivity contribution in [2.24, 2.45) is 0 Å². The number of nitrogens with one attached hydrogen (secondary N) is 1. The predicted octanol–water partition coefficient (Wildman–Crippen LogP) is 3.38. The second kappa shape index (κ2) is 13.2. The summed E-state index contributed by atoms with van der Waals surface area (Å²) in [4.78, 5) is 13.0. The molecule has 2 atom stereocenters. The maximum absolute atomic E-state index is 13.2. The topological polar surface area (TPSA) is 114 Å². The molecule has 11 heteroatoms. The fourth-order valence-electron chi connectivity index (χ4n) is 4.32. The molecule has 206 valence electrons. The lowest BCUT2D eigenvalue weighted by atomic mass is 9.91. The molecule has 1 saturated carbocycles. The molecule has 4 rings (SSSR count). The number of amides is 1. The smallest absolute Gasteiger partial charge is 0.286 e. The van der Waals surface area contributed by atoms with Crippen molar-refractivity contribution < 1.29 is 32.5 Å². The highest BCUT2D eigenvalue weighted by atomic mass is 127. The lowest BCUT2D eigenvalue weighted by molar-refractivity contribution is -0.147. The zero-order valence-corrected chi connectivity index (χ0v) is 24.2. The molecule has 38 heavy (non-hydrogen) atoms. The van der Waals surface area contributed by atoms with Crippen molar-refractivity contribution in [1.29, 1.82) is 0 Å². The molecule has 2 aromatic rings. The molecular weight excluding hydrogens is 623 g/mol. The Morgan fingerprint density at radius 1 is 1.13 bits per heavy atom. The first kappa shape index (κ1) is 28.8. The summed E-state index contributed by atoms with van der Waals surface area (Å²) in [6, 6.07) is 14.3. The number of methoxy groups -OCH3 is 1. The highest BCUT2D eigenvalue weighted by molar-refractivity contribution is 14.1. The molecule has 1 heterocycles. The Balaban J connectivity index is 1.43. The number of hydrogen-bond acceptors (Lipinski definition) is 7. The van der Waals surface area contributed by atoms with Gasteiger partial charge >= 0.3 is 0 Å². The molecule has 1 amide bonds. The normalized spacial score (nSPS) is 19.8. The third kappa shape index (κ3) is 7.26. The number of aliphatic hydroxyl groups is 1. The number of allylic oxidation sites excluding steroid dienone is 1. The van der Waals surface area contributed by atoms with E-state index in [1.165, 1.54) is 23.5 Å². The SMILES string of the molecule is COc1ccc(S(=O)(=O)N(CCO)CCO[C@H]2C[C@@H](c3ccc(I)cc3)C=C(C(=O)NC3CCC3)O2)cc1. The molecule has 9 nitrogen and oxygen atoms in total. The minimum Gasteiger partial charge on any atom is -0.497 e. The van der Waals surface area contributed by atoms with Crippen LogP contribution in [0.15, 0.2) is 65.3 Å². The monoisotopic (exact) mass is 656 g/mol. The van der Waals surface area contributed by atoms with E-state index in [0.717, 1.165) is 28.4 Å². The van der Waals surface area contributed by atoms with Crippen LogP contribution in [-0.2, 0) is 24.3 Å². The van der Waals surface area contributed by atoms with Gasteiger partial charge in [-0.25, -0.2) is 8.42 Å². The van der Waals surface area contributed by atoms with Crippen LogP contribution in [0, 0.1) is 3.57 Å². The number of carbonyl (C=O) groups is 1. The Hall–Kier alpha value is -2.19. The van der Waals surface area contributed by atoms with E-state index in [1.807, 2.05) is 30.3 Å². The minimum atomic E-state index is -3.86. The van der Waals surface area contributed by atoms with Crippen molar-refractivity contribution in [1.82, 2.24) is 9.62 Å². The summed E-state index contributed by atoms with van der Waals surface area (Å²) >= 11 is 2.25. The van der Waals surface area contributed by atoms with Gasteiger partial charge in [-0.15, -0.1) is 0 Å². The number of hydrogen-bond donors (Lipinski definition) is 2. The average molecular weight is 657 g/mol. The summed E-state index contributed by atoms with van der Waals surface area (Å²) in [6.07, 6.45) is 4.61. The summed E-state index contributed by atoms with van der Waals surface area (Å²) < 4.78 is 45.6. The third-order valence-corrected chi connectivity index (χ3v) is 9.34. The van der Waals surface area contributed by atoms with Crippen molar-refractivity contribution >= 4 is 38.5 Å². The van der Waals surface area contributed by atoms with Gasteiger partial charge in [0.05, 0.1) is 25.2 Å². The first-order chi connectivity index (χ1) is 18.3. The molecule has 2 N–H and O–H groups in total. The van der Waals surface area contributed by atoms with E-state index in [0.29, 0.717) is 12.2 Å². The van der Waals surface area contributed by atoms with Crippen LogP contribution in [0.5, 0.6) is 5.75 Å². The van der Waals surface area contributed by atoms with Gasteiger partial charge in [-0.1, -0.05) is 12.1 Å². The first-order valence-corrected chi connectivity index (χ1v) is 15.1. The fraction of sp³-hybridized carbons (Fsp3) is 0.444. The Morgan fingerprint density at radius 3 is 2.45 bits per heavy atom. The molecule has 1 aliphatic carbocycles. The van der Waals surface area contributed by atoms with Crippen LogP contribution in [0.2, 0.25) is 0 Å². The summed E-state index contributed by atoms with van der Waals surface area (Å²) in [5, 5.41) is 12.5.